The summed E-state index contributed by atoms with van der Waals surface area (Å²) in [5.41, 5.74) is -0.264. The van der Waals surface area contributed by atoms with Crippen LogP contribution in [0.4, 0.5) is 0 Å². The molecule has 98 valence electrons. The monoisotopic (exact) mass is 252 g/mol. The van der Waals surface area contributed by atoms with Crippen LogP contribution in [0.25, 0.3) is 0 Å². The average Bonchev–Trinajstić information content (AvgIpc) is 2.39. The van der Waals surface area contributed by atoms with Crippen molar-refractivity contribution in [2.45, 2.75) is 13.3 Å². The van der Waals surface area contributed by atoms with Gasteiger partial charge in [-0.1, -0.05) is 0 Å². The maximum absolute atomic E-state index is 12.1. The molecule has 1 aromatic heterocycles. The number of aromatic amines is 1. The normalized spacial score (nSPS) is 9.89. The Morgan fingerprint density at radius 1 is 1.44 bits per heavy atom. The van der Waals surface area contributed by atoms with Crippen LogP contribution in [0.3, 0.4) is 0 Å². The number of hydrogen-bond donors (Lipinski definition) is 1. The SMILES string of the molecule is CCN(CCC(=O)OC)C(=O)c1c[nH]ccc1=O. The Balaban J connectivity index is 2.77. The third kappa shape index (κ3) is 3.44. The van der Waals surface area contributed by atoms with Crippen molar-refractivity contribution in [1.29, 1.82) is 0 Å². The van der Waals surface area contributed by atoms with Gasteiger partial charge in [-0.15, -0.1) is 0 Å². The predicted octanol–water partition coefficient (Wildman–Crippen LogP) is 0.400. The first-order valence-corrected chi connectivity index (χ1v) is 5.63. The second-order valence-electron chi connectivity index (χ2n) is 3.63. The van der Waals surface area contributed by atoms with Crippen molar-refractivity contribution in [3.05, 3.63) is 34.2 Å². The van der Waals surface area contributed by atoms with Crippen LogP contribution in [-0.2, 0) is 9.53 Å². The maximum Gasteiger partial charge on any atom is 0.307 e. The van der Waals surface area contributed by atoms with Gasteiger partial charge in [0.1, 0.15) is 5.56 Å². The first kappa shape index (κ1) is 14.0. The van der Waals surface area contributed by atoms with Crippen molar-refractivity contribution in [3.63, 3.8) is 0 Å². The van der Waals surface area contributed by atoms with Gasteiger partial charge in [0.05, 0.1) is 13.5 Å². The van der Waals surface area contributed by atoms with E-state index in [1.165, 1.54) is 30.5 Å². The number of esters is 1. The zero-order chi connectivity index (χ0) is 13.5. The largest absolute Gasteiger partial charge is 0.469 e. The Hall–Kier alpha value is -2.11. The molecule has 0 fully saturated rings. The zero-order valence-corrected chi connectivity index (χ0v) is 10.4. The standard InChI is InChI=1S/C12H16N2O4/c1-3-14(7-5-11(16)18-2)12(17)9-8-13-6-4-10(9)15/h4,6,8H,3,5,7H2,1-2H3,(H,13,15). The highest BCUT2D eigenvalue weighted by atomic mass is 16.5. The molecule has 0 aliphatic carbocycles. The fourth-order valence-corrected chi connectivity index (χ4v) is 1.49. The molecule has 0 aromatic carbocycles. The van der Waals surface area contributed by atoms with Crippen molar-refractivity contribution < 1.29 is 14.3 Å². The number of amides is 1. The molecule has 18 heavy (non-hydrogen) atoms. The topological polar surface area (TPSA) is 79.5 Å². The van der Waals surface area contributed by atoms with Crippen molar-refractivity contribution in [1.82, 2.24) is 9.88 Å². The molecule has 1 heterocycles. The molecule has 1 aromatic rings. The lowest BCUT2D eigenvalue weighted by atomic mass is 10.2. The molecule has 6 nitrogen and oxygen atoms in total. The van der Waals surface area contributed by atoms with Crippen LogP contribution in [0.2, 0.25) is 0 Å². The summed E-state index contributed by atoms with van der Waals surface area (Å²) in [6, 6.07) is 1.29. The molecular weight excluding hydrogens is 236 g/mol. The van der Waals surface area contributed by atoms with Gasteiger partial charge in [0.25, 0.3) is 5.91 Å². The highest BCUT2D eigenvalue weighted by Crippen LogP contribution is 2.00. The first-order valence-electron chi connectivity index (χ1n) is 5.63. The molecule has 0 unspecified atom stereocenters. The van der Waals surface area contributed by atoms with Crippen molar-refractivity contribution in [3.8, 4) is 0 Å². The van der Waals surface area contributed by atoms with Gasteiger partial charge in [0, 0.05) is 31.5 Å². The Bertz CT molecular complexity index is 481. The number of ether oxygens (including phenoxy) is 1. The summed E-state index contributed by atoms with van der Waals surface area (Å²) in [6.07, 6.45) is 2.94. The van der Waals surface area contributed by atoms with Crippen molar-refractivity contribution in [2.75, 3.05) is 20.2 Å². The van der Waals surface area contributed by atoms with E-state index in [1.807, 2.05) is 0 Å². The van der Waals surface area contributed by atoms with Crippen LogP contribution in [-0.4, -0.2) is 42.0 Å². The van der Waals surface area contributed by atoms with Gasteiger partial charge in [-0.2, -0.15) is 0 Å². The molecule has 1 rings (SSSR count). The third-order valence-corrected chi connectivity index (χ3v) is 2.54. The van der Waals surface area contributed by atoms with E-state index in [-0.39, 0.29) is 35.8 Å². The number of aromatic nitrogens is 1. The lowest BCUT2D eigenvalue weighted by Crippen LogP contribution is -2.35. The van der Waals surface area contributed by atoms with Gasteiger partial charge >= 0.3 is 5.97 Å². The van der Waals surface area contributed by atoms with Crippen LogP contribution < -0.4 is 5.43 Å². The Morgan fingerprint density at radius 3 is 2.72 bits per heavy atom. The van der Waals surface area contributed by atoms with Gasteiger partial charge < -0.3 is 14.6 Å². The summed E-state index contributed by atoms with van der Waals surface area (Å²) in [4.78, 5) is 38.7. The second kappa shape index (κ2) is 6.58. The molecule has 0 bridgehead atoms. The molecule has 0 radical (unpaired) electrons. The molecule has 0 atom stereocenters. The fourth-order valence-electron chi connectivity index (χ4n) is 1.49. The van der Waals surface area contributed by atoms with Crippen LogP contribution in [0.5, 0.6) is 0 Å². The average molecular weight is 252 g/mol. The van der Waals surface area contributed by atoms with Gasteiger partial charge in [-0.25, -0.2) is 0 Å². The molecule has 0 saturated carbocycles. The Labute approximate surface area is 105 Å². The van der Waals surface area contributed by atoms with Crippen LogP contribution >= 0.6 is 0 Å². The highest BCUT2D eigenvalue weighted by molar-refractivity contribution is 5.93. The van der Waals surface area contributed by atoms with E-state index < -0.39 is 0 Å². The van der Waals surface area contributed by atoms with E-state index in [0.717, 1.165) is 0 Å². The number of carbonyl (C=O) groups excluding carboxylic acids is 2. The van der Waals surface area contributed by atoms with E-state index in [1.54, 1.807) is 6.92 Å². The number of H-pyrrole nitrogens is 1. The molecule has 1 N–H and O–H groups in total. The predicted molar refractivity (Wildman–Crippen MR) is 65.3 cm³/mol. The van der Waals surface area contributed by atoms with Gasteiger partial charge in [-0.05, 0) is 6.92 Å². The molecular formula is C12H16N2O4. The second-order valence-corrected chi connectivity index (χ2v) is 3.63. The first-order chi connectivity index (χ1) is 8.60. The molecule has 0 aliphatic heterocycles. The van der Waals surface area contributed by atoms with Crippen LogP contribution in [0.1, 0.15) is 23.7 Å². The molecule has 1 amide bonds. The summed E-state index contributed by atoms with van der Waals surface area (Å²) in [5, 5.41) is 0. The lowest BCUT2D eigenvalue weighted by Gasteiger charge is -2.19. The minimum atomic E-state index is -0.386. The third-order valence-electron chi connectivity index (χ3n) is 2.54. The number of methoxy groups -OCH3 is 1. The molecule has 6 heteroatoms. The van der Waals surface area contributed by atoms with Crippen molar-refractivity contribution >= 4 is 11.9 Å². The summed E-state index contributed by atoms with van der Waals surface area (Å²) < 4.78 is 4.51. The summed E-state index contributed by atoms with van der Waals surface area (Å²) in [5.74, 6) is -0.772. The number of rotatable bonds is 5. The number of nitrogens with zero attached hydrogens (tertiary/aromatic N) is 1. The summed E-state index contributed by atoms with van der Waals surface area (Å²) in [7, 11) is 1.29. The van der Waals surface area contributed by atoms with Crippen LogP contribution in [0, 0.1) is 0 Å². The van der Waals surface area contributed by atoms with E-state index in [9.17, 15) is 14.4 Å². The summed E-state index contributed by atoms with van der Waals surface area (Å²) >= 11 is 0. The Morgan fingerprint density at radius 2 is 2.17 bits per heavy atom. The van der Waals surface area contributed by atoms with E-state index in [0.29, 0.717) is 6.54 Å². The number of hydrogen-bond acceptors (Lipinski definition) is 4. The number of pyridine rings is 1. The molecule has 0 aliphatic rings. The minimum absolute atomic E-state index is 0.0733. The quantitative estimate of drug-likeness (QED) is 0.769. The highest BCUT2D eigenvalue weighted by Gasteiger charge is 2.17. The number of carbonyl (C=O) groups is 2. The minimum Gasteiger partial charge on any atom is -0.469 e. The lowest BCUT2D eigenvalue weighted by molar-refractivity contribution is -0.140. The molecule has 0 saturated heterocycles. The maximum atomic E-state index is 12.1. The molecule has 0 spiro atoms. The smallest absolute Gasteiger partial charge is 0.307 e. The van der Waals surface area contributed by atoms with Gasteiger partial charge in [-0.3, -0.25) is 14.4 Å². The summed E-state index contributed by atoms with van der Waals surface area (Å²) in [6.45, 7) is 2.44. The number of nitrogens with one attached hydrogen (secondary N) is 1. The van der Waals surface area contributed by atoms with Crippen LogP contribution in [0.15, 0.2) is 23.3 Å². The van der Waals surface area contributed by atoms with E-state index in [2.05, 4.69) is 9.72 Å². The van der Waals surface area contributed by atoms with Crippen molar-refractivity contribution in [2.24, 2.45) is 0 Å². The zero-order valence-electron chi connectivity index (χ0n) is 10.4. The van der Waals surface area contributed by atoms with E-state index in [4.69, 9.17) is 0 Å². The Kier molecular flexibility index (Phi) is 5.10. The van der Waals surface area contributed by atoms with E-state index >= 15 is 0 Å². The van der Waals surface area contributed by atoms with Gasteiger partial charge in [0.2, 0.25) is 0 Å². The fraction of sp³-hybridized carbons (Fsp3) is 0.417. The van der Waals surface area contributed by atoms with Gasteiger partial charge in [0.15, 0.2) is 5.43 Å².